The van der Waals surface area contributed by atoms with Crippen molar-refractivity contribution in [2.24, 2.45) is 0 Å². The fraction of sp³-hybridized carbons (Fsp3) is 0.667. The number of amides is 1. The van der Waals surface area contributed by atoms with Crippen LogP contribution in [0.2, 0.25) is 0 Å². The van der Waals surface area contributed by atoms with Gasteiger partial charge in [-0.25, -0.2) is 0 Å². The van der Waals surface area contributed by atoms with Crippen molar-refractivity contribution >= 4 is 5.91 Å². The van der Waals surface area contributed by atoms with Gasteiger partial charge < -0.3 is 40.3 Å². The van der Waals surface area contributed by atoms with E-state index in [9.17, 15) is 30.3 Å². The van der Waals surface area contributed by atoms with Gasteiger partial charge >= 0.3 is 0 Å². The third kappa shape index (κ3) is 45.1. The first-order chi connectivity index (χ1) is 38.3. The van der Waals surface area contributed by atoms with Gasteiger partial charge in [0.05, 0.1) is 25.4 Å². The molecule has 6 N–H and O–H groups in total. The molecule has 0 aliphatic carbocycles. The SMILES string of the molecule is CC/C=C\C/C=C\C/C=C\C/C=C\C/C=C\C/C=C\C/C=C\C/C=C\C/C=C\C/C=C\C/C=C\CCCCCC(=O)NC(COC1OC(CO)C(O)C(O)C1O)C(O)CCCCCCCCCCCCCCCCCCCC. The summed E-state index contributed by atoms with van der Waals surface area (Å²) in [7, 11) is 0. The van der Waals surface area contributed by atoms with Crippen LogP contribution in [0.1, 0.15) is 239 Å². The van der Waals surface area contributed by atoms with E-state index in [4.69, 9.17) is 9.47 Å². The number of aliphatic hydroxyl groups is 5. The molecule has 1 rings (SSSR count). The van der Waals surface area contributed by atoms with E-state index in [1.165, 1.54) is 96.3 Å². The molecule has 1 fully saturated rings. The van der Waals surface area contributed by atoms with Crippen LogP contribution < -0.4 is 5.32 Å². The third-order valence-corrected chi connectivity index (χ3v) is 14.0. The van der Waals surface area contributed by atoms with Crippen LogP contribution in [0.25, 0.3) is 0 Å². The van der Waals surface area contributed by atoms with Crippen molar-refractivity contribution in [2.45, 2.75) is 281 Å². The van der Waals surface area contributed by atoms with E-state index in [1.807, 2.05) is 0 Å². The molecule has 9 heteroatoms. The van der Waals surface area contributed by atoms with Gasteiger partial charge in [-0.2, -0.15) is 0 Å². The second-order valence-corrected chi connectivity index (χ2v) is 21.1. The molecule has 1 heterocycles. The standard InChI is InChI=1S/C69H115NO8/c1-3-5-7-9-11-13-15-17-19-21-23-24-25-26-27-28-29-30-31-32-33-34-35-36-37-38-39-40-41-43-45-47-49-51-53-55-57-59-65(73)70-62(61-77-69-68(76)67(75)66(74)64(60-71)78-69)63(72)58-56-54-52-50-48-46-44-42-22-20-18-16-14-12-10-8-6-4-2/h5,7,11,13,17,19,23-24,26-27,29-30,32-33,35-36,38-39,41,43,47,49,62-64,66-69,71-72,74-76H,3-4,6,8-10,12,14-16,18,20-22,25,28,31,34,37,40,42,44-46,48,50-61H2,1-2H3,(H,70,73)/b7-5-,13-11-,19-17-,24-23-,27-26-,30-29-,33-32-,36-35-,39-38-,43-41-,49-47-. The van der Waals surface area contributed by atoms with Gasteiger partial charge in [0.2, 0.25) is 5.91 Å². The van der Waals surface area contributed by atoms with Crippen LogP contribution in [-0.4, -0.2) is 87.5 Å². The summed E-state index contributed by atoms with van der Waals surface area (Å²) in [5.74, 6) is -0.180. The molecule has 1 saturated heterocycles. The van der Waals surface area contributed by atoms with Crippen LogP contribution in [0, 0.1) is 0 Å². The molecule has 0 aromatic rings. The van der Waals surface area contributed by atoms with Crippen LogP contribution >= 0.6 is 0 Å². The summed E-state index contributed by atoms with van der Waals surface area (Å²) < 4.78 is 11.3. The lowest BCUT2D eigenvalue weighted by atomic mass is 9.99. The van der Waals surface area contributed by atoms with Crippen molar-refractivity contribution in [1.29, 1.82) is 0 Å². The van der Waals surface area contributed by atoms with Crippen LogP contribution in [-0.2, 0) is 14.3 Å². The molecule has 0 aromatic carbocycles. The van der Waals surface area contributed by atoms with Crippen molar-refractivity contribution in [1.82, 2.24) is 5.32 Å². The van der Waals surface area contributed by atoms with Crippen molar-refractivity contribution in [2.75, 3.05) is 13.2 Å². The molecule has 1 aliphatic rings. The quantitative estimate of drug-likeness (QED) is 0.0261. The lowest BCUT2D eigenvalue weighted by Gasteiger charge is -2.40. The maximum atomic E-state index is 13.1. The van der Waals surface area contributed by atoms with Crippen molar-refractivity contribution in [3.63, 3.8) is 0 Å². The highest BCUT2D eigenvalue weighted by molar-refractivity contribution is 5.76. The molecule has 0 bridgehead atoms. The fourth-order valence-electron chi connectivity index (χ4n) is 9.11. The second-order valence-electron chi connectivity index (χ2n) is 21.1. The highest BCUT2D eigenvalue weighted by Gasteiger charge is 2.44. The molecule has 0 saturated carbocycles. The Kier molecular flexibility index (Phi) is 52.5. The minimum Gasteiger partial charge on any atom is -0.394 e. The molecule has 0 spiro atoms. The Morgan fingerprint density at radius 1 is 0.449 bits per heavy atom. The molecule has 444 valence electrons. The lowest BCUT2D eigenvalue weighted by molar-refractivity contribution is -0.302. The molecule has 1 aliphatic heterocycles. The Bertz CT molecular complexity index is 1690. The number of ether oxygens (including phenoxy) is 2. The predicted octanol–water partition coefficient (Wildman–Crippen LogP) is 16.5. The molecule has 1 amide bonds. The van der Waals surface area contributed by atoms with Gasteiger partial charge in [-0.3, -0.25) is 4.79 Å². The molecule has 7 unspecified atom stereocenters. The lowest BCUT2D eigenvalue weighted by Crippen LogP contribution is -2.60. The summed E-state index contributed by atoms with van der Waals surface area (Å²) in [6.45, 7) is 3.71. The van der Waals surface area contributed by atoms with Gasteiger partial charge in [0, 0.05) is 6.42 Å². The van der Waals surface area contributed by atoms with E-state index >= 15 is 0 Å². The van der Waals surface area contributed by atoms with Gasteiger partial charge in [0.1, 0.15) is 24.4 Å². The number of nitrogens with one attached hydrogen (secondary N) is 1. The van der Waals surface area contributed by atoms with Gasteiger partial charge in [-0.05, 0) is 96.3 Å². The summed E-state index contributed by atoms with van der Waals surface area (Å²) in [4.78, 5) is 13.1. The van der Waals surface area contributed by atoms with E-state index in [0.29, 0.717) is 12.8 Å². The van der Waals surface area contributed by atoms with E-state index in [1.54, 1.807) is 0 Å². The van der Waals surface area contributed by atoms with Gasteiger partial charge in [-0.1, -0.05) is 270 Å². The van der Waals surface area contributed by atoms with Gasteiger partial charge in [0.25, 0.3) is 0 Å². The van der Waals surface area contributed by atoms with Gasteiger partial charge in [0.15, 0.2) is 6.29 Å². The Hall–Kier alpha value is -3.67. The maximum absolute atomic E-state index is 13.1. The van der Waals surface area contributed by atoms with Gasteiger partial charge in [-0.15, -0.1) is 0 Å². The van der Waals surface area contributed by atoms with Crippen LogP contribution in [0.15, 0.2) is 134 Å². The summed E-state index contributed by atoms with van der Waals surface area (Å²) in [6, 6.07) is -0.748. The molecule has 0 aromatic heterocycles. The number of aliphatic hydroxyl groups excluding tert-OH is 5. The Balaban J connectivity index is 2.22. The summed E-state index contributed by atoms with van der Waals surface area (Å²) in [5.41, 5.74) is 0. The Morgan fingerprint density at radius 3 is 1.17 bits per heavy atom. The summed E-state index contributed by atoms with van der Waals surface area (Å²) >= 11 is 0. The van der Waals surface area contributed by atoms with Crippen molar-refractivity contribution in [3.8, 4) is 0 Å². The van der Waals surface area contributed by atoms with Crippen LogP contribution in [0.3, 0.4) is 0 Å². The molecule has 78 heavy (non-hydrogen) atoms. The van der Waals surface area contributed by atoms with Crippen LogP contribution in [0.4, 0.5) is 0 Å². The number of unbranched alkanes of at least 4 members (excludes halogenated alkanes) is 20. The summed E-state index contributed by atoms with van der Waals surface area (Å²) in [5, 5.41) is 54.7. The van der Waals surface area contributed by atoms with Crippen molar-refractivity contribution in [3.05, 3.63) is 134 Å². The minimum atomic E-state index is -1.57. The average Bonchev–Trinajstić information content (AvgIpc) is 3.45. The number of carbonyl (C=O) groups excluding carboxylic acids is 1. The maximum Gasteiger partial charge on any atom is 0.220 e. The van der Waals surface area contributed by atoms with Crippen molar-refractivity contribution < 1.29 is 39.8 Å². The third-order valence-electron chi connectivity index (χ3n) is 14.0. The molecular weight excluding hydrogens is 971 g/mol. The smallest absolute Gasteiger partial charge is 0.220 e. The highest BCUT2D eigenvalue weighted by atomic mass is 16.7. The number of hydrogen-bond donors (Lipinski definition) is 6. The second kappa shape index (κ2) is 56.6. The van der Waals surface area contributed by atoms with E-state index < -0.39 is 49.5 Å². The molecule has 9 nitrogen and oxygen atoms in total. The number of rotatable bonds is 52. The first-order valence-corrected chi connectivity index (χ1v) is 31.4. The predicted molar refractivity (Wildman–Crippen MR) is 331 cm³/mol. The zero-order valence-electron chi connectivity index (χ0n) is 49.4. The van der Waals surface area contributed by atoms with E-state index in [2.05, 4.69) is 153 Å². The summed E-state index contributed by atoms with van der Waals surface area (Å²) in [6.07, 6.45) is 79.1. The first kappa shape index (κ1) is 72.3. The molecule has 0 radical (unpaired) electrons. The number of hydrogen-bond acceptors (Lipinski definition) is 8. The topological polar surface area (TPSA) is 149 Å². The zero-order valence-corrected chi connectivity index (χ0v) is 49.4. The Morgan fingerprint density at radius 2 is 0.795 bits per heavy atom. The monoisotopic (exact) mass is 1090 g/mol. The molecular formula is C69H115NO8. The zero-order chi connectivity index (χ0) is 56.5. The largest absolute Gasteiger partial charge is 0.394 e. The van der Waals surface area contributed by atoms with E-state index in [0.717, 1.165) is 116 Å². The fourth-order valence-corrected chi connectivity index (χ4v) is 9.11. The first-order valence-electron chi connectivity index (χ1n) is 31.4. The average molecular weight is 1090 g/mol. The normalized spacial score (nSPS) is 19.6. The number of carbonyl (C=O) groups is 1. The van der Waals surface area contributed by atoms with E-state index in [-0.39, 0.29) is 12.5 Å². The van der Waals surface area contributed by atoms with Crippen LogP contribution in [0.5, 0.6) is 0 Å². The molecule has 7 atom stereocenters. The minimum absolute atomic E-state index is 0.159. The highest BCUT2D eigenvalue weighted by Crippen LogP contribution is 2.23. The Labute approximate surface area is 477 Å². The number of allylic oxidation sites excluding steroid dienone is 22.